The summed E-state index contributed by atoms with van der Waals surface area (Å²) in [6.07, 6.45) is 1.02. The van der Waals surface area contributed by atoms with E-state index in [0.717, 1.165) is 16.8 Å². The summed E-state index contributed by atoms with van der Waals surface area (Å²) in [6, 6.07) is 2.46. The number of nitriles is 1. The SMILES string of the molecule is N#CCn1cc(Cl)c(SC(F)(F)F)cc1=O. The molecule has 86 valence electrons. The van der Waals surface area contributed by atoms with Gasteiger partial charge < -0.3 is 4.57 Å². The van der Waals surface area contributed by atoms with E-state index in [2.05, 4.69) is 0 Å². The molecule has 0 bridgehead atoms. The van der Waals surface area contributed by atoms with Crippen LogP contribution in [-0.2, 0) is 6.54 Å². The highest BCUT2D eigenvalue weighted by Crippen LogP contribution is 2.39. The molecule has 0 amide bonds. The highest BCUT2D eigenvalue weighted by atomic mass is 35.5. The van der Waals surface area contributed by atoms with Crippen LogP contribution in [0.5, 0.6) is 0 Å². The molecule has 0 unspecified atom stereocenters. The highest BCUT2D eigenvalue weighted by Gasteiger charge is 2.30. The molecular weight excluding hydrogens is 265 g/mol. The average Bonchev–Trinajstić information content (AvgIpc) is 2.11. The lowest BCUT2D eigenvalue weighted by Crippen LogP contribution is -2.18. The van der Waals surface area contributed by atoms with E-state index < -0.39 is 22.8 Å². The minimum atomic E-state index is -4.50. The molecule has 0 fully saturated rings. The van der Waals surface area contributed by atoms with Crippen molar-refractivity contribution in [2.75, 3.05) is 0 Å². The third-order valence-electron chi connectivity index (χ3n) is 1.51. The van der Waals surface area contributed by atoms with Crippen molar-refractivity contribution < 1.29 is 13.2 Å². The van der Waals surface area contributed by atoms with E-state index in [-0.39, 0.29) is 16.5 Å². The van der Waals surface area contributed by atoms with Crippen molar-refractivity contribution in [3.05, 3.63) is 27.6 Å². The molecule has 0 radical (unpaired) electrons. The Bertz CT molecular complexity index is 492. The molecule has 0 spiro atoms. The Kier molecular flexibility index (Phi) is 3.88. The number of alkyl halides is 3. The van der Waals surface area contributed by atoms with E-state index in [1.54, 1.807) is 6.07 Å². The molecule has 0 aliphatic heterocycles. The van der Waals surface area contributed by atoms with Gasteiger partial charge in [0, 0.05) is 17.2 Å². The molecule has 8 heteroatoms. The fourth-order valence-corrected chi connectivity index (χ4v) is 1.78. The summed E-state index contributed by atoms with van der Waals surface area (Å²) < 4.78 is 37.1. The van der Waals surface area contributed by atoms with Crippen molar-refractivity contribution in [2.45, 2.75) is 16.9 Å². The smallest absolute Gasteiger partial charge is 0.300 e. The second-order valence-electron chi connectivity index (χ2n) is 2.66. The van der Waals surface area contributed by atoms with Crippen LogP contribution in [0.3, 0.4) is 0 Å². The number of pyridine rings is 1. The van der Waals surface area contributed by atoms with Crippen molar-refractivity contribution in [1.29, 1.82) is 5.26 Å². The van der Waals surface area contributed by atoms with Crippen LogP contribution in [0.1, 0.15) is 0 Å². The van der Waals surface area contributed by atoms with Gasteiger partial charge >= 0.3 is 5.51 Å². The maximum atomic E-state index is 12.0. The van der Waals surface area contributed by atoms with Gasteiger partial charge in [-0.2, -0.15) is 18.4 Å². The number of thioether (sulfide) groups is 1. The topological polar surface area (TPSA) is 45.8 Å². The zero-order valence-corrected chi connectivity index (χ0v) is 9.16. The minimum absolute atomic E-state index is 0.211. The third-order valence-corrected chi connectivity index (χ3v) is 2.71. The van der Waals surface area contributed by atoms with Crippen molar-refractivity contribution in [3.63, 3.8) is 0 Å². The maximum Gasteiger partial charge on any atom is 0.446 e. The van der Waals surface area contributed by atoms with Crippen LogP contribution in [-0.4, -0.2) is 10.1 Å². The van der Waals surface area contributed by atoms with Gasteiger partial charge in [-0.3, -0.25) is 4.79 Å². The van der Waals surface area contributed by atoms with Gasteiger partial charge in [-0.25, -0.2) is 0 Å². The first-order valence-corrected chi connectivity index (χ1v) is 5.05. The van der Waals surface area contributed by atoms with E-state index in [9.17, 15) is 18.0 Å². The number of hydrogen-bond acceptors (Lipinski definition) is 3. The predicted molar refractivity (Wildman–Crippen MR) is 53.2 cm³/mol. The molecule has 3 nitrogen and oxygen atoms in total. The summed E-state index contributed by atoms with van der Waals surface area (Å²) >= 11 is 5.09. The quantitative estimate of drug-likeness (QED) is 0.775. The normalized spacial score (nSPS) is 11.2. The molecule has 0 saturated heterocycles. The summed E-state index contributed by atoms with van der Waals surface area (Å²) in [5, 5.41) is 8.14. The molecule has 16 heavy (non-hydrogen) atoms. The summed E-state index contributed by atoms with van der Waals surface area (Å²) in [7, 11) is 0. The van der Waals surface area contributed by atoms with Gasteiger partial charge in [0.1, 0.15) is 6.54 Å². The average molecular weight is 269 g/mol. The van der Waals surface area contributed by atoms with Gasteiger partial charge in [-0.15, -0.1) is 0 Å². The maximum absolute atomic E-state index is 12.0. The molecule has 1 heterocycles. The fourth-order valence-electron chi connectivity index (χ4n) is 0.931. The highest BCUT2D eigenvalue weighted by molar-refractivity contribution is 8.00. The first-order chi connectivity index (χ1) is 7.33. The van der Waals surface area contributed by atoms with E-state index >= 15 is 0 Å². The summed E-state index contributed by atoms with van der Waals surface area (Å²) in [6.45, 7) is -0.254. The lowest BCUT2D eigenvalue weighted by atomic mass is 10.4. The first-order valence-electron chi connectivity index (χ1n) is 3.86. The summed E-state index contributed by atoms with van der Waals surface area (Å²) in [4.78, 5) is 10.9. The van der Waals surface area contributed by atoms with Crippen molar-refractivity contribution in [2.24, 2.45) is 0 Å². The van der Waals surface area contributed by atoms with E-state index in [0.29, 0.717) is 0 Å². The van der Waals surface area contributed by atoms with E-state index in [4.69, 9.17) is 16.9 Å². The van der Waals surface area contributed by atoms with Gasteiger partial charge in [-0.1, -0.05) is 11.6 Å². The van der Waals surface area contributed by atoms with Gasteiger partial charge in [0.2, 0.25) is 0 Å². The largest absolute Gasteiger partial charge is 0.446 e. The monoisotopic (exact) mass is 268 g/mol. The van der Waals surface area contributed by atoms with Crippen LogP contribution >= 0.6 is 23.4 Å². The van der Waals surface area contributed by atoms with Gasteiger partial charge in [-0.05, 0) is 11.8 Å². The Balaban J connectivity index is 3.12. The Morgan fingerprint density at radius 3 is 2.69 bits per heavy atom. The fraction of sp³-hybridized carbons (Fsp3) is 0.250. The van der Waals surface area contributed by atoms with Gasteiger partial charge in [0.15, 0.2) is 0 Å². The molecule has 1 aromatic rings. The molecular formula is C8H4ClF3N2OS. The Morgan fingerprint density at radius 1 is 1.56 bits per heavy atom. The molecule has 0 aromatic carbocycles. The number of nitrogens with zero attached hydrogens (tertiary/aromatic N) is 2. The number of rotatable bonds is 2. The summed E-state index contributed by atoms with van der Waals surface area (Å²) in [5.74, 6) is 0. The molecule has 1 rings (SSSR count). The van der Waals surface area contributed by atoms with E-state index in [1.807, 2.05) is 0 Å². The van der Waals surface area contributed by atoms with Crippen LogP contribution in [0, 0.1) is 11.3 Å². The molecule has 0 aliphatic carbocycles. The van der Waals surface area contributed by atoms with Crippen molar-refractivity contribution in [1.82, 2.24) is 4.57 Å². The predicted octanol–water partition coefficient (Wildman–Crippen LogP) is 2.64. The summed E-state index contributed by atoms with van der Waals surface area (Å²) in [5.41, 5.74) is -5.20. The van der Waals surface area contributed by atoms with Gasteiger partial charge in [0.05, 0.1) is 11.1 Å². The zero-order chi connectivity index (χ0) is 12.3. The Morgan fingerprint density at radius 2 is 2.19 bits per heavy atom. The number of halogens is 4. The molecule has 1 aromatic heterocycles. The number of aromatic nitrogens is 1. The van der Waals surface area contributed by atoms with Crippen LogP contribution in [0.15, 0.2) is 22.0 Å². The van der Waals surface area contributed by atoms with Crippen LogP contribution < -0.4 is 5.56 Å². The second kappa shape index (κ2) is 4.80. The molecule has 0 atom stereocenters. The van der Waals surface area contributed by atoms with Crippen molar-refractivity contribution >= 4 is 23.4 Å². The van der Waals surface area contributed by atoms with E-state index in [1.165, 1.54) is 0 Å². The van der Waals surface area contributed by atoms with Crippen LogP contribution in [0.4, 0.5) is 13.2 Å². The third kappa shape index (κ3) is 3.47. The Hall–Kier alpha value is -1.13. The van der Waals surface area contributed by atoms with Crippen LogP contribution in [0.2, 0.25) is 5.02 Å². The first kappa shape index (κ1) is 12.9. The zero-order valence-electron chi connectivity index (χ0n) is 7.58. The van der Waals surface area contributed by atoms with Crippen LogP contribution in [0.25, 0.3) is 0 Å². The lowest BCUT2D eigenvalue weighted by molar-refractivity contribution is -0.0328. The Labute approximate surface area is 97.4 Å². The molecule has 0 saturated carbocycles. The number of hydrogen-bond donors (Lipinski definition) is 0. The molecule has 0 aliphatic rings. The standard InChI is InChI=1S/C8H4ClF3N2OS/c9-5-4-14(2-1-13)7(15)3-6(5)16-8(10,11)12/h3-4H,2H2. The second-order valence-corrected chi connectivity index (χ2v) is 4.17. The van der Waals surface area contributed by atoms with Crippen molar-refractivity contribution in [3.8, 4) is 6.07 Å². The molecule has 0 N–H and O–H groups in total. The lowest BCUT2D eigenvalue weighted by Gasteiger charge is -2.08. The van der Waals surface area contributed by atoms with Gasteiger partial charge in [0.25, 0.3) is 5.56 Å². The minimum Gasteiger partial charge on any atom is -0.300 e.